The van der Waals surface area contributed by atoms with Gasteiger partial charge in [0.15, 0.2) is 0 Å². The third-order valence-corrected chi connectivity index (χ3v) is 5.61. The molecule has 1 aliphatic carbocycles. The maximum absolute atomic E-state index is 10.8. The van der Waals surface area contributed by atoms with E-state index in [2.05, 4.69) is 11.9 Å². The molecular weight excluding hydrogens is 262 g/mol. The van der Waals surface area contributed by atoms with Crippen LogP contribution in [-0.2, 0) is 0 Å². The topological polar surface area (TPSA) is 32.7 Å². The van der Waals surface area contributed by atoms with Crippen LogP contribution in [0.5, 0.6) is 5.75 Å². The smallest absolute Gasteiger partial charge is 0.120 e. The number of aliphatic hydroxyl groups is 1. The first kappa shape index (κ1) is 13.6. The van der Waals surface area contributed by atoms with Crippen molar-refractivity contribution in [2.45, 2.75) is 62.8 Å². The third-order valence-electron chi connectivity index (χ3n) is 5.61. The molecule has 0 spiro atoms. The summed E-state index contributed by atoms with van der Waals surface area (Å²) in [5.74, 6) is 1.32. The van der Waals surface area contributed by atoms with E-state index in [4.69, 9.17) is 4.74 Å². The molecule has 2 saturated heterocycles. The summed E-state index contributed by atoms with van der Waals surface area (Å²) in [4.78, 5) is 2.52. The Balaban J connectivity index is 1.48. The lowest BCUT2D eigenvalue weighted by Gasteiger charge is -2.38. The molecule has 1 N–H and O–H groups in total. The molecule has 3 heteroatoms. The first-order valence-corrected chi connectivity index (χ1v) is 8.37. The maximum atomic E-state index is 10.8. The molecule has 114 valence electrons. The largest absolute Gasteiger partial charge is 0.490 e. The number of aliphatic hydroxyl groups excluding tert-OH is 1. The number of nitrogens with zero attached hydrogens (tertiary/aromatic N) is 1. The summed E-state index contributed by atoms with van der Waals surface area (Å²) in [5, 5.41) is 10.8. The van der Waals surface area contributed by atoms with Gasteiger partial charge in [-0.1, -0.05) is 12.1 Å². The van der Waals surface area contributed by atoms with Gasteiger partial charge >= 0.3 is 0 Å². The lowest BCUT2D eigenvalue weighted by molar-refractivity contribution is 0.0355. The van der Waals surface area contributed by atoms with Crippen molar-refractivity contribution in [3.05, 3.63) is 29.8 Å². The lowest BCUT2D eigenvalue weighted by atomic mass is 9.84. The van der Waals surface area contributed by atoms with Gasteiger partial charge in [0.1, 0.15) is 5.75 Å². The van der Waals surface area contributed by atoms with E-state index in [1.54, 1.807) is 0 Å². The third kappa shape index (κ3) is 2.69. The second kappa shape index (κ2) is 5.29. The summed E-state index contributed by atoms with van der Waals surface area (Å²) in [7, 11) is 2.25. The average Bonchev–Trinajstić information content (AvgIpc) is 3.27. The van der Waals surface area contributed by atoms with Gasteiger partial charge in [0.25, 0.3) is 0 Å². The van der Waals surface area contributed by atoms with Crippen LogP contribution in [0.3, 0.4) is 0 Å². The van der Waals surface area contributed by atoms with E-state index < -0.39 is 0 Å². The molecule has 3 atom stereocenters. The Hall–Kier alpha value is -1.06. The van der Waals surface area contributed by atoms with Gasteiger partial charge in [-0.2, -0.15) is 0 Å². The zero-order valence-corrected chi connectivity index (χ0v) is 12.7. The van der Waals surface area contributed by atoms with E-state index in [0.29, 0.717) is 24.1 Å². The molecule has 2 bridgehead atoms. The molecule has 21 heavy (non-hydrogen) atoms. The van der Waals surface area contributed by atoms with Gasteiger partial charge in [0.2, 0.25) is 0 Å². The highest BCUT2D eigenvalue weighted by Crippen LogP contribution is 2.42. The van der Waals surface area contributed by atoms with Crippen molar-refractivity contribution < 1.29 is 9.84 Å². The Morgan fingerprint density at radius 3 is 2.52 bits per heavy atom. The fraction of sp³-hybridized carbons (Fsp3) is 0.667. The van der Waals surface area contributed by atoms with Gasteiger partial charge in [-0.05, 0) is 69.2 Å². The van der Waals surface area contributed by atoms with Gasteiger partial charge in [-0.3, -0.25) is 0 Å². The molecule has 3 fully saturated rings. The summed E-state index contributed by atoms with van der Waals surface area (Å²) in [5.41, 5.74) is 1.03. The molecular formula is C18H25NO2. The number of fused-ring (bicyclic) bond motifs is 2. The van der Waals surface area contributed by atoms with Crippen LogP contribution < -0.4 is 4.74 Å². The van der Waals surface area contributed by atoms with Gasteiger partial charge < -0.3 is 14.7 Å². The molecule has 0 amide bonds. The minimum atomic E-state index is -0.343. The van der Waals surface area contributed by atoms with Crippen LogP contribution in [-0.4, -0.2) is 35.2 Å². The second-order valence-corrected chi connectivity index (χ2v) is 7.12. The minimum absolute atomic E-state index is 0.343. The molecule has 2 aliphatic heterocycles. The van der Waals surface area contributed by atoms with Gasteiger partial charge in [-0.15, -0.1) is 0 Å². The molecule has 3 aliphatic rings. The summed E-state index contributed by atoms with van der Waals surface area (Å²) < 4.78 is 5.86. The van der Waals surface area contributed by atoms with Crippen molar-refractivity contribution >= 4 is 0 Å². The van der Waals surface area contributed by atoms with E-state index in [0.717, 1.165) is 24.2 Å². The highest BCUT2D eigenvalue weighted by Gasteiger charge is 2.41. The Bertz CT molecular complexity index is 500. The number of hydrogen-bond acceptors (Lipinski definition) is 3. The summed E-state index contributed by atoms with van der Waals surface area (Å²) in [6, 6.07) is 9.46. The Kier molecular flexibility index (Phi) is 3.43. The van der Waals surface area contributed by atoms with Crippen molar-refractivity contribution in [3.8, 4) is 5.75 Å². The number of ether oxygens (including phenoxy) is 1. The van der Waals surface area contributed by atoms with Crippen LogP contribution in [0, 0.1) is 5.92 Å². The van der Waals surface area contributed by atoms with E-state index in [1.165, 1.54) is 25.7 Å². The first-order valence-electron chi connectivity index (χ1n) is 8.37. The van der Waals surface area contributed by atoms with Crippen LogP contribution in [0.4, 0.5) is 0 Å². The standard InChI is InChI=1S/C18H25NO2/c1-19-14-5-6-15(19)10-13(9-14)18(20)12-3-2-4-17(11-12)21-16-7-8-16/h2-4,11,13-16,18,20H,5-10H2,1H3. The van der Waals surface area contributed by atoms with Crippen LogP contribution in [0.25, 0.3) is 0 Å². The normalized spacial score (nSPS) is 33.9. The number of hydrogen-bond donors (Lipinski definition) is 1. The second-order valence-electron chi connectivity index (χ2n) is 7.12. The summed E-state index contributed by atoms with van der Waals surface area (Å²) in [6.07, 6.45) is 7.27. The molecule has 3 unspecified atom stereocenters. The summed E-state index contributed by atoms with van der Waals surface area (Å²) >= 11 is 0. The predicted molar refractivity (Wildman–Crippen MR) is 82.3 cm³/mol. The molecule has 1 aromatic rings. The zero-order valence-electron chi connectivity index (χ0n) is 12.7. The van der Waals surface area contributed by atoms with Gasteiger partial charge in [-0.25, -0.2) is 0 Å². The van der Waals surface area contributed by atoms with E-state index in [9.17, 15) is 5.11 Å². The fourth-order valence-corrected chi connectivity index (χ4v) is 4.13. The molecule has 2 heterocycles. The van der Waals surface area contributed by atoms with Crippen LogP contribution in [0.2, 0.25) is 0 Å². The average molecular weight is 287 g/mol. The highest BCUT2D eigenvalue weighted by molar-refractivity contribution is 5.31. The van der Waals surface area contributed by atoms with Crippen molar-refractivity contribution in [1.82, 2.24) is 4.90 Å². The summed E-state index contributed by atoms with van der Waals surface area (Å²) in [6.45, 7) is 0. The van der Waals surface area contributed by atoms with Crippen LogP contribution in [0.15, 0.2) is 24.3 Å². The molecule has 1 saturated carbocycles. The van der Waals surface area contributed by atoms with Crippen molar-refractivity contribution in [2.75, 3.05) is 7.05 Å². The van der Waals surface area contributed by atoms with E-state index in [-0.39, 0.29) is 6.10 Å². The maximum Gasteiger partial charge on any atom is 0.120 e. The van der Waals surface area contributed by atoms with Gasteiger partial charge in [0.05, 0.1) is 12.2 Å². The molecule has 0 radical (unpaired) electrons. The van der Waals surface area contributed by atoms with Crippen LogP contribution >= 0.6 is 0 Å². The number of piperidine rings is 1. The Morgan fingerprint density at radius 1 is 1.14 bits per heavy atom. The number of benzene rings is 1. The van der Waals surface area contributed by atoms with Crippen molar-refractivity contribution in [2.24, 2.45) is 5.92 Å². The molecule has 3 nitrogen and oxygen atoms in total. The highest BCUT2D eigenvalue weighted by atomic mass is 16.5. The molecule has 0 aromatic heterocycles. The van der Waals surface area contributed by atoms with Crippen molar-refractivity contribution in [1.29, 1.82) is 0 Å². The zero-order chi connectivity index (χ0) is 14.4. The fourth-order valence-electron chi connectivity index (χ4n) is 4.13. The van der Waals surface area contributed by atoms with Crippen molar-refractivity contribution in [3.63, 3.8) is 0 Å². The SMILES string of the molecule is CN1C2CCC1CC(C(O)c1cccc(OC3CC3)c1)C2. The first-order chi connectivity index (χ1) is 10.2. The van der Waals surface area contributed by atoms with E-state index >= 15 is 0 Å². The Morgan fingerprint density at radius 2 is 1.86 bits per heavy atom. The monoisotopic (exact) mass is 287 g/mol. The molecule has 4 rings (SSSR count). The number of rotatable bonds is 4. The van der Waals surface area contributed by atoms with Crippen LogP contribution in [0.1, 0.15) is 50.2 Å². The quantitative estimate of drug-likeness (QED) is 0.923. The Labute approximate surface area is 126 Å². The molecule has 1 aromatic carbocycles. The van der Waals surface area contributed by atoms with Gasteiger partial charge in [0, 0.05) is 12.1 Å². The minimum Gasteiger partial charge on any atom is -0.490 e. The predicted octanol–water partition coefficient (Wildman–Crippen LogP) is 3.13. The lowest BCUT2D eigenvalue weighted by Crippen LogP contribution is -2.41. The van der Waals surface area contributed by atoms with E-state index in [1.807, 2.05) is 24.3 Å².